The molecule has 2 N–H and O–H groups in total. The number of aryl methyl sites for hydroxylation is 1. The zero-order valence-electron chi connectivity index (χ0n) is 18.0. The molecule has 5 rings (SSSR count). The number of ether oxygens (including phenoxy) is 1. The van der Waals surface area contributed by atoms with Crippen molar-refractivity contribution in [2.75, 3.05) is 43.4 Å². The van der Waals surface area contributed by atoms with E-state index in [0.717, 1.165) is 43.1 Å². The van der Waals surface area contributed by atoms with E-state index in [0.29, 0.717) is 17.0 Å². The van der Waals surface area contributed by atoms with Gasteiger partial charge in [0.05, 0.1) is 11.9 Å². The lowest BCUT2D eigenvalue weighted by Crippen LogP contribution is -2.44. The molecule has 0 saturated carbocycles. The van der Waals surface area contributed by atoms with Crippen molar-refractivity contribution in [2.24, 2.45) is 0 Å². The van der Waals surface area contributed by atoms with Crippen molar-refractivity contribution >= 4 is 28.2 Å². The maximum absolute atomic E-state index is 14.8. The first kappa shape index (κ1) is 20.2. The quantitative estimate of drug-likeness (QED) is 0.491. The van der Waals surface area contributed by atoms with Gasteiger partial charge in [0.1, 0.15) is 18.0 Å². The fourth-order valence-corrected chi connectivity index (χ4v) is 3.79. The number of nitrogens with one attached hydrogen (secondary N) is 2. The summed E-state index contributed by atoms with van der Waals surface area (Å²) in [6.07, 6.45) is 3.23. The minimum atomic E-state index is -0.430. The summed E-state index contributed by atoms with van der Waals surface area (Å²) in [6.45, 7) is 5.94. The number of hydrogen-bond donors (Lipinski definition) is 2. The van der Waals surface area contributed by atoms with Crippen molar-refractivity contribution in [3.63, 3.8) is 0 Å². The molecule has 1 fully saturated rings. The third kappa shape index (κ3) is 4.19. The van der Waals surface area contributed by atoms with Crippen LogP contribution in [0.3, 0.4) is 0 Å². The number of halogens is 1. The number of rotatable bonds is 5. The van der Waals surface area contributed by atoms with E-state index in [-0.39, 0.29) is 11.6 Å². The Morgan fingerprint density at radius 3 is 2.62 bits per heavy atom. The second-order valence-electron chi connectivity index (χ2n) is 7.95. The molecule has 0 bridgehead atoms. The van der Waals surface area contributed by atoms with Crippen LogP contribution in [0.25, 0.3) is 10.9 Å². The van der Waals surface area contributed by atoms with Crippen molar-refractivity contribution in [3.8, 4) is 11.6 Å². The summed E-state index contributed by atoms with van der Waals surface area (Å²) in [5.41, 5.74) is 2.71. The number of anilines is 3. The maximum Gasteiger partial charge on any atom is 0.224 e. The number of piperazine rings is 1. The summed E-state index contributed by atoms with van der Waals surface area (Å²) in [4.78, 5) is 20.6. The highest BCUT2D eigenvalue weighted by Crippen LogP contribution is 2.30. The SMILES string of the molecule is Cc1cc2c(F)c(Oc3cc(Nc4ccc(N5CCN(C)CC5)cn4)ncn3)ccc2[nH]1. The number of benzene rings is 1. The predicted octanol–water partition coefficient (Wildman–Crippen LogP) is 4.09. The van der Waals surface area contributed by atoms with Gasteiger partial charge in [-0.2, -0.15) is 0 Å². The number of aromatic amines is 1. The summed E-state index contributed by atoms with van der Waals surface area (Å²) in [5, 5.41) is 3.63. The fourth-order valence-electron chi connectivity index (χ4n) is 3.79. The Morgan fingerprint density at radius 2 is 1.84 bits per heavy atom. The van der Waals surface area contributed by atoms with Gasteiger partial charge in [0.15, 0.2) is 11.6 Å². The molecule has 9 heteroatoms. The number of hydrogen-bond acceptors (Lipinski definition) is 7. The molecule has 0 atom stereocenters. The van der Waals surface area contributed by atoms with E-state index in [1.165, 1.54) is 6.33 Å². The molecule has 3 aromatic heterocycles. The van der Waals surface area contributed by atoms with Gasteiger partial charge in [-0.05, 0) is 44.3 Å². The normalized spacial score (nSPS) is 14.7. The molecule has 0 unspecified atom stereocenters. The molecule has 0 amide bonds. The topological polar surface area (TPSA) is 82.2 Å². The van der Waals surface area contributed by atoms with Crippen LogP contribution < -0.4 is 15.0 Å². The lowest BCUT2D eigenvalue weighted by molar-refractivity contribution is 0.313. The van der Waals surface area contributed by atoms with E-state index >= 15 is 0 Å². The summed E-state index contributed by atoms with van der Waals surface area (Å²) in [5.74, 6) is 1.08. The fraction of sp³-hybridized carbons (Fsp3) is 0.261. The van der Waals surface area contributed by atoms with Crippen LogP contribution in [0, 0.1) is 12.7 Å². The van der Waals surface area contributed by atoms with E-state index in [4.69, 9.17) is 4.74 Å². The summed E-state index contributed by atoms with van der Waals surface area (Å²) < 4.78 is 20.5. The lowest BCUT2D eigenvalue weighted by atomic mass is 10.2. The highest BCUT2D eigenvalue weighted by molar-refractivity contribution is 5.82. The third-order valence-electron chi connectivity index (χ3n) is 5.57. The van der Waals surface area contributed by atoms with Crippen molar-refractivity contribution < 1.29 is 9.13 Å². The maximum atomic E-state index is 14.8. The van der Waals surface area contributed by atoms with Gasteiger partial charge in [-0.3, -0.25) is 0 Å². The molecule has 32 heavy (non-hydrogen) atoms. The van der Waals surface area contributed by atoms with Gasteiger partial charge in [0, 0.05) is 48.8 Å². The monoisotopic (exact) mass is 433 g/mol. The highest BCUT2D eigenvalue weighted by atomic mass is 19.1. The average Bonchev–Trinajstić information content (AvgIpc) is 3.18. The first-order valence-electron chi connectivity index (χ1n) is 10.5. The van der Waals surface area contributed by atoms with Gasteiger partial charge in [-0.15, -0.1) is 0 Å². The van der Waals surface area contributed by atoms with E-state index in [1.54, 1.807) is 24.3 Å². The molecule has 0 radical (unpaired) electrons. The molecule has 164 valence electrons. The van der Waals surface area contributed by atoms with Crippen LogP contribution in [0.5, 0.6) is 11.6 Å². The first-order chi connectivity index (χ1) is 15.5. The van der Waals surface area contributed by atoms with Crippen LogP contribution in [0.2, 0.25) is 0 Å². The Hall–Kier alpha value is -3.72. The number of aromatic nitrogens is 4. The molecule has 1 aliphatic rings. The zero-order chi connectivity index (χ0) is 22.1. The smallest absolute Gasteiger partial charge is 0.224 e. The molecular weight excluding hydrogens is 409 g/mol. The van der Waals surface area contributed by atoms with Crippen LogP contribution in [-0.2, 0) is 0 Å². The van der Waals surface area contributed by atoms with E-state index in [9.17, 15) is 4.39 Å². The Labute approximate surface area is 185 Å². The van der Waals surface area contributed by atoms with Crippen molar-refractivity contribution in [1.82, 2.24) is 24.8 Å². The number of fused-ring (bicyclic) bond motifs is 1. The van der Waals surface area contributed by atoms with Crippen LogP contribution in [0.4, 0.5) is 21.7 Å². The number of pyridine rings is 1. The van der Waals surface area contributed by atoms with Crippen molar-refractivity contribution in [2.45, 2.75) is 6.92 Å². The second-order valence-corrected chi connectivity index (χ2v) is 7.95. The number of likely N-dealkylation sites (N-methyl/N-ethyl adjacent to an activating group) is 1. The summed E-state index contributed by atoms with van der Waals surface area (Å²) >= 11 is 0. The van der Waals surface area contributed by atoms with Crippen molar-refractivity contribution in [1.29, 1.82) is 0 Å². The van der Waals surface area contributed by atoms with Crippen molar-refractivity contribution in [3.05, 3.63) is 60.4 Å². The molecular formula is C23H24FN7O. The Kier molecular flexibility index (Phi) is 5.32. The van der Waals surface area contributed by atoms with Gasteiger partial charge in [0.25, 0.3) is 0 Å². The van der Waals surface area contributed by atoms with E-state index < -0.39 is 5.82 Å². The largest absolute Gasteiger partial charge is 0.436 e. The number of nitrogens with zero attached hydrogens (tertiary/aromatic N) is 5. The standard InChI is InChI=1S/C23H24FN7O/c1-15-11-17-18(28-15)4-5-19(23(17)24)32-22-12-21(26-14-27-22)29-20-6-3-16(13-25-20)31-9-7-30(2)8-10-31/h3-6,11-14,28H,7-10H2,1-2H3,(H,25,26,27,29). The number of H-pyrrole nitrogens is 1. The van der Waals surface area contributed by atoms with Gasteiger partial charge < -0.3 is 24.8 Å². The van der Waals surface area contributed by atoms with Gasteiger partial charge >= 0.3 is 0 Å². The van der Waals surface area contributed by atoms with Gasteiger partial charge in [0.2, 0.25) is 5.88 Å². The molecule has 0 aliphatic carbocycles. The Balaban J connectivity index is 1.29. The predicted molar refractivity (Wildman–Crippen MR) is 122 cm³/mol. The van der Waals surface area contributed by atoms with Gasteiger partial charge in [-0.1, -0.05) is 0 Å². The van der Waals surface area contributed by atoms with Crippen LogP contribution in [0.15, 0.2) is 48.9 Å². The summed E-state index contributed by atoms with van der Waals surface area (Å²) in [6, 6.07) is 10.7. The third-order valence-corrected chi connectivity index (χ3v) is 5.57. The highest BCUT2D eigenvalue weighted by Gasteiger charge is 2.15. The van der Waals surface area contributed by atoms with E-state index in [1.807, 2.05) is 25.3 Å². The molecule has 8 nitrogen and oxygen atoms in total. The molecule has 0 spiro atoms. The molecule has 4 aromatic rings. The van der Waals surface area contributed by atoms with E-state index in [2.05, 4.69) is 42.1 Å². The average molecular weight is 433 g/mol. The summed E-state index contributed by atoms with van der Waals surface area (Å²) in [7, 11) is 2.14. The Bertz CT molecular complexity index is 1230. The van der Waals surface area contributed by atoms with Crippen LogP contribution in [0.1, 0.15) is 5.69 Å². The van der Waals surface area contributed by atoms with Gasteiger partial charge in [-0.25, -0.2) is 19.3 Å². The molecule has 1 saturated heterocycles. The second kappa shape index (κ2) is 8.43. The first-order valence-corrected chi connectivity index (χ1v) is 10.5. The minimum absolute atomic E-state index is 0.107. The molecule has 4 heterocycles. The van der Waals surface area contributed by atoms with Crippen LogP contribution >= 0.6 is 0 Å². The minimum Gasteiger partial charge on any atom is -0.436 e. The lowest BCUT2D eigenvalue weighted by Gasteiger charge is -2.33. The molecule has 1 aromatic carbocycles. The van der Waals surface area contributed by atoms with Crippen LogP contribution in [-0.4, -0.2) is 58.1 Å². The Morgan fingerprint density at radius 1 is 1.00 bits per heavy atom. The molecule has 1 aliphatic heterocycles. The zero-order valence-corrected chi connectivity index (χ0v) is 18.0.